The highest BCUT2D eigenvalue weighted by Crippen LogP contribution is 2.28. The number of allylic oxidation sites excluding steroid dienone is 1. The summed E-state index contributed by atoms with van der Waals surface area (Å²) in [5, 5.41) is 0. The van der Waals surface area contributed by atoms with Crippen LogP contribution in [0.1, 0.15) is 23.7 Å². The molecule has 0 amide bonds. The van der Waals surface area contributed by atoms with E-state index in [1.165, 1.54) is 0 Å². The van der Waals surface area contributed by atoms with Gasteiger partial charge in [0.1, 0.15) is 18.5 Å². The first-order valence-electron chi connectivity index (χ1n) is 7.38. The first-order valence-corrected chi connectivity index (χ1v) is 7.38. The largest absolute Gasteiger partial charge is 0.487 e. The van der Waals surface area contributed by atoms with Crippen molar-refractivity contribution in [2.75, 3.05) is 6.61 Å². The summed E-state index contributed by atoms with van der Waals surface area (Å²) in [5.74, 6) is 0.680. The fourth-order valence-electron chi connectivity index (χ4n) is 2.45. The Balaban J connectivity index is 1.58. The molecule has 1 heterocycles. The lowest BCUT2D eigenvalue weighted by molar-refractivity contribution is -0.119. The lowest BCUT2D eigenvalue weighted by Crippen LogP contribution is -2.18. The number of ether oxygens (including phenoxy) is 2. The van der Waals surface area contributed by atoms with Gasteiger partial charge in [0.15, 0.2) is 5.78 Å². The van der Waals surface area contributed by atoms with Gasteiger partial charge < -0.3 is 9.47 Å². The third kappa shape index (κ3) is 3.83. The number of rotatable bonds is 5. The maximum Gasteiger partial charge on any atom is 0.163 e. The molecule has 0 spiro atoms. The van der Waals surface area contributed by atoms with Gasteiger partial charge in [-0.1, -0.05) is 60.7 Å². The maximum absolute atomic E-state index is 11.9. The van der Waals surface area contributed by atoms with Gasteiger partial charge in [0.05, 0.1) is 13.0 Å². The third-order valence-electron chi connectivity index (χ3n) is 3.53. The molecule has 0 aromatic heterocycles. The zero-order valence-electron chi connectivity index (χ0n) is 12.3. The van der Waals surface area contributed by atoms with Gasteiger partial charge in [-0.25, -0.2) is 0 Å². The Bertz CT molecular complexity index is 647. The number of carbonyl (C=O) groups excluding carboxylic acids is 1. The SMILES string of the molecule is O=C1C=C(COCc2ccccc2)O[C@H](c2ccccc2)C1. The van der Waals surface area contributed by atoms with E-state index in [1.54, 1.807) is 6.08 Å². The van der Waals surface area contributed by atoms with Crippen LogP contribution >= 0.6 is 0 Å². The van der Waals surface area contributed by atoms with Crippen LogP contribution in [0.25, 0.3) is 0 Å². The minimum absolute atomic E-state index is 0.0819. The van der Waals surface area contributed by atoms with Crippen molar-refractivity contribution in [1.82, 2.24) is 0 Å². The second-order valence-electron chi connectivity index (χ2n) is 5.28. The van der Waals surface area contributed by atoms with E-state index in [0.717, 1.165) is 11.1 Å². The van der Waals surface area contributed by atoms with Crippen LogP contribution < -0.4 is 0 Å². The van der Waals surface area contributed by atoms with Crippen molar-refractivity contribution in [2.45, 2.75) is 19.1 Å². The molecule has 0 bridgehead atoms. The molecule has 3 nitrogen and oxygen atoms in total. The van der Waals surface area contributed by atoms with Crippen molar-refractivity contribution < 1.29 is 14.3 Å². The van der Waals surface area contributed by atoms with Crippen LogP contribution in [0.15, 0.2) is 72.5 Å². The summed E-state index contributed by atoms with van der Waals surface area (Å²) in [6.45, 7) is 0.815. The molecule has 0 aliphatic carbocycles. The smallest absolute Gasteiger partial charge is 0.163 e. The Hall–Kier alpha value is -2.39. The maximum atomic E-state index is 11.9. The summed E-state index contributed by atoms with van der Waals surface area (Å²) in [4.78, 5) is 11.9. The Morgan fingerprint density at radius 3 is 2.36 bits per heavy atom. The van der Waals surface area contributed by atoms with E-state index in [0.29, 0.717) is 25.4 Å². The van der Waals surface area contributed by atoms with Crippen molar-refractivity contribution in [3.63, 3.8) is 0 Å². The highest BCUT2D eigenvalue weighted by atomic mass is 16.5. The van der Waals surface area contributed by atoms with Crippen LogP contribution in [0, 0.1) is 0 Å². The average Bonchev–Trinajstić information content (AvgIpc) is 2.56. The van der Waals surface area contributed by atoms with Crippen molar-refractivity contribution in [1.29, 1.82) is 0 Å². The molecule has 1 aliphatic rings. The summed E-state index contributed by atoms with van der Waals surface area (Å²) >= 11 is 0. The molecule has 22 heavy (non-hydrogen) atoms. The minimum Gasteiger partial charge on any atom is -0.487 e. The molecular weight excluding hydrogens is 276 g/mol. The third-order valence-corrected chi connectivity index (χ3v) is 3.53. The lowest BCUT2D eigenvalue weighted by Gasteiger charge is -2.24. The summed E-state index contributed by atoms with van der Waals surface area (Å²) in [6, 6.07) is 19.8. The molecule has 112 valence electrons. The Morgan fingerprint density at radius 2 is 1.64 bits per heavy atom. The van der Waals surface area contributed by atoms with Crippen LogP contribution in [0.4, 0.5) is 0 Å². The molecule has 0 fully saturated rings. The summed E-state index contributed by atoms with van der Waals surface area (Å²) in [6.07, 6.45) is 1.71. The van der Waals surface area contributed by atoms with Gasteiger partial charge in [0.25, 0.3) is 0 Å². The molecular formula is C19H18O3. The minimum atomic E-state index is -0.214. The lowest BCUT2D eigenvalue weighted by atomic mass is 10.0. The zero-order chi connectivity index (χ0) is 15.2. The van der Waals surface area contributed by atoms with Crippen molar-refractivity contribution in [2.24, 2.45) is 0 Å². The second kappa shape index (κ2) is 7.05. The van der Waals surface area contributed by atoms with E-state index in [2.05, 4.69) is 0 Å². The van der Waals surface area contributed by atoms with Gasteiger partial charge in [-0.3, -0.25) is 4.79 Å². The van der Waals surface area contributed by atoms with E-state index in [-0.39, 0.29) is 11.9 Å². The fourth-order valence-corrected chi connectivity index (χ4v) is 2.45. The number of ketones is 1. The van der Waals surface area contributed by atoms with Gasteiger partial charge in [0, 0.05) is 6.08 Å². The van der Waals surface area contributed by atoms with E-state index in [1.807, 2.05) is 60.7 Å². The number of benzene rings is 2. The van der Waals surface area contributed by atoms with Crippen LogP contribution in [-0.2, 0) is 20.9 Å². The summed E-state index contributed by atoms with van der Waals surface area (Å²) < 4.78 is 11.5. The number of hydrogen-bond donors (Lipinski definition) is 0. The second-order valence-corrected chi connectivity index (χ2v) is 5.28. The van der Waals surface area contributed by atoms with Gasteiger partial charge >= 0.3 is 0 Å². The van der Waals surface area contributed by atoms with Gasteiger partial charge in [-0.15, -0.1) is 0 Å². The Morgan fingerprint density at radius 1 is 0.955 bits per heavy atom. The molecule has 3 rings (SSSR count). The van der Waals surface area contributed by atoms with Gasteiger partial charge in [0.2, 0.25) is 0 Å². The number of carbonyl (C=O) groups is 1. The van der Waals surface area contributed by atoms with E-state index >= 15 is 0 Å². The van der Waals surface area contributed by atoms with E-state index in [4.69, 9.17) is 9.47 Å². The topological polar surface area (TPSA) is 35.5 Å². The predicted molar refractivity (Wildman–Crippen MR) is 84.1 cm³/mol. The molecule has 0 N–H and O–H groups in total. The molecule has 0 unspecified atom stereocenters. The molecule has 1 aliphatic heterocycles. The normalized spacial score (nSPS) is 17.7. The predicted octanol–water partition coefficient (Wildman–Crippen LogP) is 3.82. The van der Waals surface area contributed by atoms with Gasteiger partial charge in [-0.05, 0) is 11.1 Å². The first kappa shape index (κ1) is 14.5. The summed E-state index contributed by atoms with van der Waals surface area (Å²) in [7, 11) is 0. The molecule has 2 aromatic rings. The van der Waals surface area contributed by atoms with Crippen LogP contribution in [0.3, 0.4) is 0 Å². The molecule has 1 atom stereocenters. The Labute approximate surface area is 130 Å². The molecule has 2 aromatic carbocycles. The fraction of sp³-hybridized carbons (Fsp3) is 0.211. The molecule has 3 heteroatoms. The quantitative estimate of drug-likeness (QED) is 0.841. The number of hydrogen-bond acceptors (Lipinski definition) is 3. The molecule has 0 saturated carbocycles. The molecule has 0 saturated heterocycles. The van der Waals surface area contributed by atoms with Crippen molar-refractivity contribution >= 4 is 5.78 Å². The Kier molecular flexibility index (Phi) is 4.66. The van der Waals surface area contributed by atoms with Gasteiger partial charge in [-0.2, -0.15) is 0 Å². The highest BCUT2D eigenvalue weighted by Gasteiger charge is 2.23. The van der Waals surface area contributed by atoms with E-state index < -0.39 is 0 Å². The highest BCUT2D eigenvalue weighted by molar-refractivity contribution is 5.91. The standard InChI is InChI=1S/C19H18O3/c20-17-11-18(14-21-13-15-7-3-1-4-8-15)22-19(12-17)16-9-5-2-6-10-16/h1-11,19H,12-14H2/t19-/m0/s1. The monoisotopic (exact) mass is 294 g/mol. The average molecular weight is 294 g/mol. The van der Waals surface area contributed by atoms with Crippen LogP contribution in [0.5, 0.6) is 0 Å². The van der Waals surface area contributed by atoms with Crippen LogP contribution in [0.2, 0.25) is 0 Å². The first-order chi connectivity index (χ1) is 10.8. The van der Waals surface area contributed by atoms with E-state index in [9.17, 15) is 4.79 Å². The van der Waals surface area contributed by atoms with Crippen molar-refractivity contribution in [3.05, 3.63) is 83.6 Å². The summed E-state index contributed by atoms with van der Waals surface area (Å²) in [5.41, 5.74) is 2.12. The van der Waals surface area contributed by atoms with Crippen molar-refractivity contribution in [3.8, 4) is 0 Å². The van der Waals surface area contributed by atoms with Crippen LogP contribution in [-0.4, -0.2) is 12.4 Å². The zero-order valence-corrected chi connectivity index (χ0v) is 12.3. The molecule has 0 radical (unpaired) electrons.